The minimum absolute atomic E-state index is 0.141. The molecular weight excluding hydrogens is 188 g/mol. The summed E-state index contributed by atoms with van der Waals surface area (Å²) < 4.78 is 5.22. The molecule has 0 saturated heterocycles. The van der Waals surface area contributed by atoms with Crippen LogP contribution in [0.3, 0.4) is 0 Å². The highest BCUT2D eigenvalue weighted by Crippen LogP contribution is 2.31. The van der Waals surface area contributed by atoms with Gasteiger partial charge in [0.1, 0.15) is 0 Å². The van der Waals surface area contributed by atoms with Crippen LogP contribution in [0.1, 0.15) is 37.5 Å². The summed E-state index contributed by atoms with van der Waals surface area (Å²) >= 11 is 4.79. The quantitative estimate of drug-likeness (QED) is 0.678. The van der Waals surface area contributed by atoms with E-state index in [1.807, 2.05) is 0 Å². The molecule has 13 heavy (non-hydrogen) atoms. The van der Waals surface area contributed by atoms with E-state index < -0.39 is 0 Å². The summed E-state index contributed by atoms with van der Waals surface area (Å²) in [5.74, 6) is 1.02. The molecule has 4 nitrogen and oxygen atoms in total. The van der Waals surface area contributed by atoms with Gasteiger partial charge in [-0.05, 0) is 37.9 Å². The van der Waals surface area contributed by atoms with Crippen molar-refractivity contribution < 1.29 is 9.52 Å². The molecule has 0 amide bonds. The van der Waals surface area contributed by atoms with Crippen molar-refractivity contribution in [1.29, 1.82) is 0 Å². The zero-order chi connectivity index (χ0) is 9.26. The molecule has 0 aromatic carbocycles. The second-order valence-corrected chi connectivity index (χ2v) is 3.83. The van der Waals surface area contributed by atoms with Crippen LogP contribution in [0.5, 0.6) is 0 Å². The zero-order valence-electron chi connectivity index (χ0n) is 7.19. The van der Waals surface area contributed by atoms with Crippen LogP contribution in [-0.4, -0.2) is 21.4 Å². The van der Waals surface area contributed by atoms with Gasteiger partial charge in [-0.2, -0.15) is 0 Å². The molecule has 0 radical (unpaired) electrons. The molecule has 0 atom stereocenters. The van der Waals surface area contributed by atoms with Gasteiger partial charge in [-0.3, -0.25) is 0 Å². The highest BCUT2D eigenvalue weighted by molar-refractivity contribution is 7.71. The summed E-state index contributed by atoms with van der Waals surface area (Å²) in [7, 11) is 0. The lowest BCUT2D eigenvalue weighted by Crippen LogP contribution is -2.17. The number of nitrogens with zero attached hydrogens (tertiary/aromatic N) is 1. The Morgan fingerprint density at radius 2 is 2.08 bits per heavy atom. The lowest BCUT2D eigenvalue weighted by Gasteiger charge is -2.22. The number of nitrogens with one attached hydrogen (secondary N) is 1. The fraction of sp³-hybridized carbons (Fsp3) is 0.750. The molecule has 1 aliphatic rings. The largest absolute Gasteiger partial charge is 0.414 e. The predicted molar refractivity (Wildman–Crippen MR) is 48.9 cm³/mol. The molecule has 2 N–H and O–H groups in total. The Labute approximate surface area is 81.0 Å². The zero-order valence-corrected chi connectivity index (χ0v) is 8.01. The van der Waals surface area contributed by atoms with Gasteiger partial charge in [0.15, 0.2) is 0 Å². The van der Waals surface area contributed by atoms with Gasteiger partial charge in [0.2, 0.25) is 5.89 Å². The Morgan fingerprint density at radius 3 is 2.62 bits per heavy atom. The van der Waals surface area contributed by atoms with Crippen molar-refractivity contribution >= 4 is 12.2 Å². The molecule has 1 aromatic heterocycles. The smallest absolute Gasteiger partial charge is 0.284 e. The highest BCUT2D eigenvalue weighted by atomic mass is 32.1. The van der Waals surface area contributed by atoms with Gasteiger partial charge in [-0.25, -0.2) is 5.10 Å². The third-order valence-electron chi connectivity index (χ3n) is 2.50. The maximum atomic E-state index is 9.30. The number of aromatic nitrogens is 2. The van der Waals surface area contributed by atoms with Crippen LogP contribution in [0.15, 0.2) is 4.42 Å². The maximum absolute atomic E-state index is 9.30. The normalized spacial score (nSPS) is 29.0. The minimum atomic E-state index is -0.141. The first-order valence-electron chi connectivity index (χ1n) is 4.49. The monoisotopic (exact) mass is 200 g/mol. The van der Waals surface area contributed by atoms with Crippen molar-refractivity contribution in [2.24, 2.45) is 0 Å². The minimum Gasteiger partial charge on any atom is -0.414 e. The molecule has 72 valence electrons. The average molecular weight is 200 g/mol. The molecule has 1 heterocycles. The summed E-state index contributed by atoms with van der Waals surface area (Å²) in [6.45, 7) is 0. The lowest BCUT2D eigenvalue weighted by molar-refractivity contribution is 0.118. The van der Waals surface area contributed by atoms with E-state index in [1.54, 1.807) is 0 Å². The number of rotatable bonds is 1. The topological polar surface area (TPSA) is 62.1 Å². The molecule has 2 rings (SSSR count). The standard InChI is InChI=1S/C8H12N2O2S/c11-6-3-1-5(2-4-6)7-9-10-8(13)12-7/h5-6,11H,1-4H2,(H,10,13). The van der Waals surface area contributed by atoms with Crippen LogP contribution in [0.4, 0.5) is 0 Å². The molecule has 1 saturated carbocycles. The van der Waals surface area contributed by atoms with Crippen LogP contribution in [-0.2, 0) is 0 Å². The van der Waals surface area contributed by atoms with E-state index in [1.165, 1.54) is 0 Å². The van der Waals surface area contributed by atoms with Crippen molar-refractivity contribution in [3.63, 3.8) is 0 Å². The van der Waals surface area contributed by atoms with Crippen molar-refractivity contribution in [3.8, 4) is 0 Å². The van der Waals surface area contributed by atoms with Gasteiger partial charge in [-0.1, -0.05) is 0 Å². The molecule has 0 unspecified atom stereocenters. The molecule has 0 aliphatic heterocycles. The molecule has 5 heteroatoms. The number of hydrogen-bond donors (Lipinski definition) is 2. The predicted octanol–water partition coefficient (Wildman–Crippen LogP) is 1.75. The number of H-pyrrole nitrogens is 1. The summed E-state index contributed by atoms with van der Waals surface area (Å²) in [6.07, 6.45) is 3.40. The molecular formula is C8H12N2O2S. The number of aromatic amines is 1. The van der Waals surface area contributed by atoms with E-state index in [-0.39, 0.29) is 6.10 Å². The average Bonchev–Trinajstić information content (AvgIpc) is 2.53. The summed E-state index contributed by atoms with van der Waals surface area (Å²) in [4.78, 5) is 0.334. The van der Waals surface area contributed by atoms with Crippen LogP contribution in [0.25, 0.3) is 0 Å². The van der Waals surface area contributed by atoms with E-state index in [4.69, 9.17) is 16.6 Å². The maximum Gasteiger partial charge on any atom is 0.284 e. The number of aliphatic hydroxyl groups is 1. The van der Waals surface area contributed by atoms with Crippen molar-refractivity contribution in [3.05, 3.63) is 10.7 Å². The van der Waals surface area contributed by atoms with Crippen molar-refractivity contribution in [1.82, 2.24) is 10.2 Å². The van der Waals surface area contributed by atoms with E-state index in [0.717, 1.165) is 25.7 Å². The molecule has 0 spiro atoms. The van der Waals surface area contributed by atoms with Gasteiger partial charge in [0.05, 0.1) is 6.10 Å². The second-order valence-electron chi connectivity index (χ2n) is 3.46. The van der Waals surface area contributed by atoms with Crippen LogP contribution >= 0.6 is 12.2 Å². The van der Waals surface area contributed by atoms with Gasteiger partial charge < -0.3 is 9.52 Å². The third-order valence-corrected chi connectivity index (χ3v) is 2.68. The van der Waals surface area contributed by atoms with Gasteiger partial charge >= 0.3 is 0 Å². The van der Waals surface area contributed by atoms with Crippen LogP contribution < -0.4 is 0 Å². The number of aliphatic hydroxyl groups excluding tert-OH is 1. The first-order valence-corrected chi connectivity index (χ1v) is 4.90. The van der Waals surface area contributed by atoms with Gasteiger partial charge in [-0.15, -0.1) is 5.10 Å². The molecule has 1 aromatic rings. The first-order chi connectivity index (χ1) is 6.25. The Bertz CT molecular complexity index is 325. The van der Waals surface area contributed by atoms with E-state index in [0.29, 0.717) is 16.6 Å². The fourth-order valence-electron chi connectivity index (χ4n) is 1.74. The molecule has 0 bridgehead atoms. The van der Waals surface area contributed by atoms with Crippen molar-refractivity contribution in [2.45, 2.75) is 37.7 Å². The second kappa shape index (κ2) is 3.59. The van der Waals surface area contributed by atoms with Crippen molar-refractivity contribution in [2.75, 3.05) is 0 Å². The Balaban J connectivity index is 2.06. The lowest BCUT2D eigenvalue weighted by atomic mass is 9.87. The van der Waals surface area contributed by atoms with Gasteiger partial charge in [0.25, 0.3) is 4.84 Å². The highest BCUT2D eigenvalue weighted by Gasteiger charge is 2.24. The van der Waals surface area contributed by atoms with E-state index in [2.05, 4.69) is 10.2 Å². The van der Waals surface area contributed by atoms with E-state index >= 15 is 0 Å². The molecule has 1 fully saturated rings. The first kappa shape index (κ1) is 8.90. The fourth-order valence-corrected chi connectivity index (χ4v) is 1.87. The SMILES string of the molecule is OC1CCC(c2n[nH]c(=S)o2)CC1. The Kier molecular flexibility index (Phi) is 2.46. The van der Waals surface area contributed by atoms with E-state index in [9.17, 15) is 5.11 Å². The summed E-state index contributed by atoms with van der Waals surface area (Å²) in [5.41, 5.74) is 0. The van der Waals surface area contributed by atoms with Gasteiger partial charge in [0, 0.05) is 5.92 Å². The third kappa shape index (κ3) is 1.97. The van der Waals surface area contributed by atoms with Crippen LogP contribution in [0.2, 0.25) is 0 Å². The number of hydrogen-bond acceptors (Lipinski definition) is 4. The molecule has 1 aliphatic carbocycles. The summed E-state index contributed by atoms with van der Waals surface area (Å²) in [6, 6.07) is 0. The summed E-state index contributed by atoms with van der Waals surface area (Å²) in [5, 5.41) is 15.9. The van der Waals surface area contributed by atoms with Crippen LogP contribution in [0, 0.1) is 4.84 Å². The Hall–Kier alpha value is -0.680. The Morgan fingerprint density at radius 1 is 1.38 bits per heavy atom.